The fourth-order valence-corrected chi connectivity index (χ4v) is 2.35. The molecule has 0 bridgehead atoms. The molecule has 0 radical (unpaired) electrons. The van der Waals surface area contributed by atoms with Crippen molar-refractivity contribution in [1.29, 1.82) is 0 Å². The van der Waals surface area contributed by atoms with Gasteiger partial charge in [0.05, 0.1) is 0 Å². The first-order valence-corrected chi connectivity index (χ1v) is 9.65. The van der Waals surface area contributed by atoms with E-state index in [0.717, 1.165) is 25.7 Å². The summed E-state index contributed by atoms with van der Waals surface area (Å²) in [5, 5.41) is 0. The van der Waals surface area contributed by atoms with Crippen LogP contribution in [-0.4, -0.2) is 0 Å². The summed E-state index contributed by atoms with van der Waals surface area (Å²) >= 11 is 0. The van der Waals surface area contributed by atoms with Crippen LogP contribution in [0.3, 0.4) is 0 Å². The van der Waals surface area contributed by atoms with Gasteiger partial charge in [0.25, 0.3) is 0 Å². The quantitative estimate of drug-likeness (QED) is 0.275. The molecule has 0 amide bonds. The van der Waals surface area contributed by atoms with E-state index in [1.807, 2.05) is 0 Å². The van der Waals surface area contributed by atoms with Gasteiger partial charge in [-0.3, -0.25) is 0 Å². The van der Waals surface area contributed by atoms with Crippen LogP contribution in [0.5, 0.6) is 0 Å². The minimum Gasteiger partial charge on any atom is -0.0856 e. The molecule has 0 unspecified atom stereocenters. The van der Waals surface area contributed by atoms with Crippen molar-refractivity contribution in [3.05, 3.63) is 69.9 Å². The maximum absolute atomic E-state index is 2.38. The molecule has 0 saturated heterocycles. The highest BCUT2D eigenvalue weighted by Crippen LogP contribution is 2.15. The maximum atomic E-state index is 2.38. The highest BCUT2D eigenvalue weighted by atomic mass is 14.0. The van der Waals surface area contributed by atoms with E-state index >= 15 is 0 Å². The summed E-state index contributed by atoms with van der Waals surface area (Å²) in [5.41, 5.74) is 8.57. The predicted molar refractivity (Wildman–Crippen MR) is 117 cm³/mol. The molecule has 0 heteroatoms. The first-order valence-electron chi connectivity index (χ1n) is 9.65. The summed E-state index contributed by atoms with van der Waals surface area (Å²) in [6.45, 7) is 17.6. The molecule has 140 valence electrons. The third-order valence-electron chi connectivity index (χ3n) is 4.34. The second-order valence-corrected chi connectivity index (χ2v) is 7.73. The fourth-order valence-electron chi connectivity index (χ4n) is 2.35. The molecule has 0 atom stereocenters. The van der Waals surface area contributed by atoms with Crippen LogP contribution < -0.4 is 0 Å². The topological polar surface area (TPSA) is 0 Å². The Bertz CT molecular complexity index is 563. The predicted octanol–water partition coefficient (Wildman–Crippen LogP) is 8.65. The molecule has 0 spiro atoms. The van der Waals surface area contributed by atoms with Crippen molar-refractivity contribution in [3.8, 4) is 0 Å². The van der Waals surface area contributed by atoms with Crippen molar-refractivity contribution in [2.75, 3.05) is 0 Å². The Balaban J connectivity index is 4.51. The lowest BCUT2D eigenvalue weighted by Gasteiger charge is -2.03. The monoisotopic (exact) mass is 340 g/mol. The van der Waals surface area contributed by atoms with Crippen LogP contribution in [-0.2, 0) is 0 Å². The van der Waals surface area contributed by atoms with Crippen LogP contribution >= 0.6 is 0 Å². The summed E-state index contributed by atoms with van der Waals surface area (Å²) in [6.07, 6.45) is 19.4. The van der Waals surface area contributed by atoms with Crippen molar-refractivity contribution in [2.45, 2.75) is 87.5 Å². The van der Waals surface area contributed by atoms with Crippen molar-refractivity contribution >= 4 is 0 Å². The van der Waals surface area contributed by atoms with E-state index < -0.39 is 0 Å². The number of hydrogen-bond acceptors (Lipinski definition) is 0. The smallest absolute Gasteiger partial charge is 0.0133 e. The number of rotatable bonds is 10. The second kappa shape index (κ2) is 13.7. The molecule has 0 aromatic carbocycles. The van der Waals surface area contributed by atoms with Gasteiger partial charge < -0.3 is 0 Å². The van der Waals surface area contributed by atoms with E-state index in [2.05, 4.69) is 91.8 Å². The summed E-state index contributed by atoms with van der Waals surface area (Å²) in [4.78, 5) is 0. The van der Waals surface area contributed by atoms with E-state index in [1.54, 1.807) is 0 Å². The minimum atomic E-state index is 1.06. The number of hydrogen-bond donors (Lipinski definition) is 0. The van der Waals surface area contributed by atoms with E-state index in [4.69, 9.17) is 0 Å². The van der Waals surface area contributed by atoms with Crippen LogP contribution in [0.4, 0.5) is 0 Å². The average molecular weight is 341 g/mol. The zero-order valence-electron chi connectivity index (χ0n) is 18.0. The molecule has 25 heavy (non-hydrogen) atoms. The normalized spacial score (nSPS) is 13.8. The summed E-state index contributed by atoms with van der Waals surface area (Å²) < 4.78 is 0. The van der Waals surface area contributed by atoms with Gasteiger partial charge in [0.15, 0.2) is 0 Å². The van der Waals surface area contributed by atoms with Gasteiger partial charge in [-0.2, -0.15) is 0 Å². The third-order valence-corrected chi connectivity index (χ3v) is 4.34. The first-order chi connectivity index (χ1) is 11.7. The molecule has 0 heterocycles. The van der Waals surface area contributed by atoms with E-state index in [-0.39, 0.29) is 0 Å². The Morgan fingerprint density at radius 3 is 1.68 bits per heavy atom. The van der Waals surface area contributed by atoms with Gasteiger partial charge in [0.2, 0.25) is 0 Å². The Morgan fingerprint density at radius 2 is 1.16 bits per heavy atom. The van der Waals surface area contributed by atoms with Crippen molar-refractivity contribution in [3.63, 3.8) is 0 Å². The van der Waals surface area contributed by atoms with Crippen molar-refractivity contribution in [2.24, 2.45) is 0 Å². The van der Waals surface area contributed by atoms with E-state index in [9.17, 15) is 0 Å². The Labute approximate surface area is 157 Å². The Hall–Kier alpha value is -1.56. The van der Waals surface area contributed by atoms with Crippen molar-refractivity contribution < 1.29 is 0 Å². The molecule has 0 fully saturated rings. The summed E-state index contributed by atoms with van der Waals surface area (Å²) in [7, 11) is 0. The molecule has 0 aliphatic carbocycles. The summed E-state index contributed by atoms with van der Waals surface area (Å²) in [6, 6.07) is 0. The van der Waals surface area contributed by atoms with Gasteiger partial charge >= 0.3 is 0 Å². The van der Waals surface area contributed by atoms with Crippen LogP contribution in [0.25, 0.3) is 0 Å². The fraction of sp³-hybridized carbons (Fsp3) is 0.520. The van der Waals surface area contributed by atoms with Gasteiger partial charge in [0.1, 0.15) is 0 Å². The van der Waals surface area contributed by atoms with Crippen LogP contribution in [0.15, 0.2) is 69.9 Å². The Kier molecular flexibility index (Phi) is 12.8. The SMILES string of the molecule is CC(C)=CCCC(C)=CC=CC(C)=C(C)C/C=C(\C)CCC=C(C)C. The molecule has 0 nitrogen and oxygen atoms in total. The van der Waals surface area contributed by atoms with Gasteiger partial charge in [-0.15, -0.1) is 0 Å². The molecule has 0 saturated carbocycles. The average Bonchev–Trinajstić information content (AvgIpc) is 2.51. The molecule has 0 aromatic heterocycles. The third kappa shape index (κ3) is 14.5. The minimum absolute atomic E-state index is 1.06. The van der Waals surface area contributed by atoms with Gasteiger partial charge in [-0.1, -0.05) is 69.9 Å². The maximum Gasteiger partial charge on any atom is -0.0133 e. The second-order valence-electron chi connectivity index (χ2n) is 7.73. The summed E-state index contributed by atoms with van der Waals surface area (Å²) in [5.74, 6) is 0. The lowest BCUT2D eigenvalue weighted by Crippen LogP contribution is -1.83. The van der Waals surface area contributed by atoms with Gasteiger partial charge in [0, 0.05) is 0 Å². The molecular formula is C25H40. The number of allylic oxidation sites excluding steroid dienone is 12. The van der Waals surface area contributed by atoms with E-state index in [1.165, 1.54) is 39.9 Å². The molecule has 0 aromatic rings. The van der Waals surface area contributed by atoms with Crippen LogP contribution in [0.2, 0.25) is 0 Å². The zero-order valence-corrected chi connectivity index (χ0v) is 18.0. The lowest BCUT2D eigenvalue weighted by molar-refractivity contribution is 0.953. The van der Waals surface area contributed by atoms with Crippen LogP contribution in [0.1, 0.15) is 87.5 Å². The molecule has 0 N–H and O–H groups in total. The Morgan fingerprint density at radius 1 is 0.640 bits per heavy atom. The highest BCUT2D eigenvalue weighted by Gasteiger charge is 1.94. The van der Waals surface area contributed by atoms with Crippen LogP contribution in [0, 0.1) is 0 Å². The van der Waals surface area contributed by atoms with Gasteiger partial charge in [-0.05, 0) is 87.5 Å². The lowest BCUT2D eigenvalue weighted by atomic mass is 10.0. The molecule has 0 aliphatic heterocycles. The molecular weight excluding hydrogens is 300 g/mol. The van der Waals surface area contributed by atoms with Gasteiger partial charge in [-0.25, -0.2) is 0 Å². The molecule has 0 aliphatic rings. The molecule has 0 rings (SSSR count). The largest absolute Gasteiger partial charge is 0.0856 e. The zero-order chi connectivity index (χ0) is 19.2. The van der Waals surface area contributed by atoms with E-state index in [0.29, 0.717) is 0 Å². The standard InChI is InChI=1S/C25H40/c1-20(2)12-9-14-22(5)16-11-17-24(7)25(8)19-18-23(6)15-10-13-21(3)4/h11-13,16-18H,9-10,14-15,19H2,1-8H3/b17-11?,22-16?,23-18+,25-24?. The highest BCUT2D eigenvalue weighted by molar-refractivity contribution is 5.27. The van der Waals surface area contributed by atoms with Crippen molar-refractivity contribution in [1.82, 2.24) is 0 Å². The first kappa shape index (κ1) is 23.4.